The molecule has 0 fully saturated rings. The third-order valence-corrected chi connectivity index (χ3v) is 5.14. The van der Waals surface area contributed by atoms with Crippen LogP contribution in [0.4, 0.5) is 0 Å². The highest BCUT2D eigenvalue weighted by atomic mass is 35.5. The lowest BCUT2D eigenvalue weighted by atomic mass is 9.87. The Bertz CT molecular complexity index is 906. The smallest absolute Gasteiger partial charge is 0.337 e. The van der Waals surface area contributed by atoms with E-state index in [1.807, 2.05) is 12.1 Å². The molecule has 0 aliphatic heterocycles. The molecule has 1 heterocycles. The number of hydrogen-bond donors (Lipinski definition) is 1. The van der Waals surface area contributed by atoms with Crippen molar-refractivity contribution in [1.82, 2.24) is 4.98 Å². The van der Waals surface area contributed by atoms with E-state index in [9.17, 15) is 4.79 Å². The van der Waals surface area contributed by atoms with Gasteiger partial charge in [0.15, 0.2) is 5.17 Å². The van der Waals surface area contributed by atoms with E-state index in [2.05, 4.69) is 35.4 Å². The van der Waals surface area contributed by atoms with Crippen LogP contribution in [-0.4, -0.2) is 36.0 Å². The Balaban J connectivity index is 2.81. The molecule has 1 N–H and O–H groups in total. The van der Waals surface area contributed by atoms with Crippen LogP contribution in [0, 0.1) is 0 Å². The number of nitrogens with zero attached hydrogens (tertiary/aromatic N) is 2. The molecule has 1 aromatic heterocycles. The van der Waals surface area contributed by atoms with Gasteiger partial charge in [0, 0.05) is 24.2 Å². The minimum atomic E-state index is -0.369. The number of nitrogens with one attached hydrogen (secondary N) is 1. The molecule has 0 unspecified atom stereocenters. The Kier molecular flexibility index (Phi) is 8.00. The average molecular weight is 402 g/mol. The number of H-pyrrole nitrogens is 1. The van der Waals surface area contributed by atoms with Gasteiger partial charge in [-0.3, -0.25) is 9.98 Å². The van der Waals surface area contributed by atoms with Crippen molar-refractivity contribution in [3.05, 3.63) is 47.8 Å². The Labute approximate surface area is 171 Å². The minimum absolute atomic E-state index is 0.313. The summed E-state index contributed by atoms with van der Waals surface area (Å²) in [5.74, 6) is -0.0227. The van der Waals surface area contributed by atoms with Crippen LogP contribution in [0.1, 0.15) is 67.1 Å². The number of carbonyl (C=O) groups excluding carboxylic acids is 1. The van der Waals surface area contributed by atoms with Crippen LogP contribution >= 0.6 is 11.6 Å². The molecule has 6 heteroatoms. The normalized spacial score (nSPS) is 12.6. The number of carbonyl (C=O) groups is 1. The number of aliphatic imine (C=N–C) groups is 2. The standard InChI is InChI=1S/C22H28ClN3O2/c1-6-9-14(10-7-2)18-16-12-11-15(22(27)28-5)13-17(16)26-19(18)20(25-8-3)21(23)24-4/h8,11-14,26H,3,6-7,9-10H2,1-2,4-5H3. The van der Waals surface area contributed by atoms with Gasteiger partial charge in [-0.05, 0) is 36.5 Å². The number of esters is 1. The molecule has 0 aliphatic rings. The maximum Gasteiger partial charge on any atom is 0.337 e. The van der Waals surface area contributed by atoms with Gasteiger partial charge in [-0.25, -0.2) is 4.79 Å². The summed E-state index contributed by atoms with van der Waals surface area (Å²) in [7, 11) is 3.01. The summed E-state index contributed by atoms with van der Waals surface area (Å²) < 4.78 is 4.86. The van der Waals surface area contributed by atoms with Gasteiger partial charge >= 0.3 is 5.97 Å². The fourth-order valence-electron chi connectivity index (χ4n) is 3.62. The first-order chi connectivity index (χ1) is 13.5. The number of fused-ring (bicyclic) bond motifs is 1. The molecule has 2 aromatic rings. The van der Waals surface area contributed by atoms with Gasteiger partial charge in [-0.2, -0.15) is 0 Å². The van der Waals surface area contributed by atoms with Crippen molar-refractivity contribution in [3.8, 4) is 0 Å². The van der Waals surface area contributed by atoms with Crippen molar-refractivity contribution in [3.63, 3.8) is 0 Å². The summed E-state index contributed by atoms with van der Waals surface area (Å²) in [5.41, 5.74) is 3.90. The SMILES string of the molecule is C=CN=C(C(Cl)=NC)c1[nH]c2cc(C(=O)OC)ccc2c1C(CCC)CCC. The second-order valence-electron chi connectivity index (χ2n) is 6.61. The molecule has 0 saturated heterocycles. The van der Waals surface area contributed by atoms with Gasteiger partial charge in [0.1, 0.15) is 5.71 Å². The second kappa shape index (κ2) is 10.2. The van der Waals surface area contributed by atoms with Crippen LogP contribution in [0.25, 0.3) is 10.9 Å². The van der Waals surface area contributed by atoms with Crippen molar-refractivity contribution >= 4 is 39.4 Å². The summed E-state index contributed by atoms with van der Waals surface area (Å²) in [4.78, 5) is 23.9. The predicted molar refractivity (Wildman–Crippen MR) is 118 cm³/mol. The lowest BCUT2D eigenvalue weighted by Crippen LogP contribution is -2.14. The molecule has 1 aromatic carbocycles. The summed E-state index contributed by atoms with van der Waals surface area (Å²) in [6, 6.07) is 5.58. The predicted octanol–water partition coefficient (Wildman–Crippen LogP) is 5.84. The first-order valence-electron chi connectivity index (χ1n) is 9.57. The number of aromatic amines is 1. The third-order valence-electron chi connectivity index (χ3n) is 4.79. The van der Waals surface area contributed by atoms with Crippen molar-refractivity contribution in [2.75, 3.05) is 14.2 Å². The van der Waals surface area contributed by atoms with Gasteiger partial charge in [0.25, 0.3) is 0 Å². The topological polar surface area (TPSA) is 66.8 Å². The molecular formula is C22H28ClN3O2. The molecule has 0 amide bonds. The van der Waals surface area contributed by atoms with E-state index in [0.717, 1.165) is 47.8 Å². The van der Waals surface area contributed by atoms with E-state index >= 15 is 0 Å². The fourth-order valence-corrected chi connectivity index (χ4v) is 3.77. The lowest BCUT2D eigenvalue weighted by Gasteiger charge is -2.18. The second-order valence-corrected chi connectivity index (χ2v) is 6.97. The molecule has 0 radical (unpaired) electrons. The van der Waals surface area contributed by atoms with Gasteiger partial charge in [-0.1, -0.05) is 50.9 Å². The van der Waals surface area contributed by atoms with Gasteiger partial charge in [0.05, 0.1) is 18.4 Å². The molecule has 0 aliphatic carbocycles. The number of halogens is 1. The highest BCUT2D eigenvalue weighted by Gasteiger charge is 2.25. The summed E-state index contributed by atoms with van der Waals surface area (Å²) in [6.45, 7) is 8.09. The Morgan fingerprint density at radius 1 is 1.32 bits per heavy atom. The first kappa shape index (κ1) is 21.9. The van der Waals surface area contributed by atoms with Crippen LogP contribution in [0.3, 0.4) is 0 Å². The monoisotopic (exact) mass is 401 g/mol. The Morgan fingerprint density at radius 3 is 2.54 bits per heavy atom. The Morgan fingerprint density at radius 2 is 2.00 bits per heavy atom. The molecule has 2 rings (SSSR count). The molecule has 0 bridgehead atoms. The van der Waals surface area contributed by atoms with Crippen molar-refractivity contribution in [2.24, 2.45) is 9.98 Å². The maximum absolute atomic E-state index is 12.0. The molecule has 5 nitrogen and oxygen atoms in total. The molecule has 0 atom stereocenters. The number of methoxy groups -OCH3 is 1. The number of rotatable bonds is 9. The van der Waals surface area contributed by atoms with Crippen LogP contribution in [0.15, 0.2) is 41.0 Å². The maximum atomic E-state index is 12.0. The minimum Gasteiger partial charge on any atom is -0.465 e. The molecular weight excluding hydrogens is 374 g/mol. The van der Waals surface area contributed by atoms with Crippen molar-refractivity contribution in [2.45, 2.75) is 45.4 Å². The van der Waals surface area contributed by atoms with E-state index in [1.54, 1.807) is 13.1 Å². The zero-order valence-electron chi connectivity index (χ0n) is 17.0. The highest BCUT2D eigenvalue weighted by molar-refractivity contribution is 6.85. The zero-order chi connectivity index (χ0) is 20.7. The molecule has 150 valence electrons. The summed E-state index contributed by atoms with van der Waals surface area (Å²) in [5, 5.41) is 1.37. The highest BCUT2D eigenvalue weighted by Crippen LogP contribution is 2.36. The van der Waals surface area contributed by atoms with Crippen LogP contribution < -0.4 is 0 Å². The van der Waals surface area contributed by atoms with E-state index in [0.29, 0.717) is 22.4 Å². The molecule has 0 saturated carbocycles. The van der Waals surface area contributed by atoms with Gasteiger partial charge in [0.2, 0.25) is 0 Å². The molecule has 0 spiro atoms. The number of ether oxygens (including phenoxy) is 1. The quantitative estimate of drug-likeness (QED) is 0.423. The number of benzene rings is 1. The number of hydrogen-bond acceptors (Lipinski definition) is 4. The average Bonchev–Trinajstić information content (AvgIpc) is 3.08. The van der Waals surface area contributed by atoms with Gasteiger partial charge < -0.3 is 9.72 Å². The Hall–Kier alpha value is -2.40. The first-order valence-corrected chi connectivity index (χ1v) is 9.95. The van der Waals surface area contributed by atoms with Crippen LogP contribution in [-0.2, 0) is 4.74 Å². The van der Waals surface area contributed by atoms with Crippen LogP contribution in [0.2, 0.25) is 0 Å². The lowest BCUT2D eigenvalue weighted by molar-refractivity contribution is 0.0601. The fraction of sp³-hybridized carbons (Fsp3) is 0.409. The van der Waals surface area contributed by atoms with E-state index in [4.69, 9.17) is 16.3 Å². The zero-order valence-corrected chi connectivity index (χ0v) is 17.8. The number of aromatic nitrogens is 1. The van der Waals surface area contributed by atoms with Crippen molar-refractivity contribution in [1.29, 1.82) is 0 Å². The molecule has 28 heavy (non-hydrogen) atoms. The van der Waals surface area contributed by atoms with E-state index in [1.165, 1.54) is 13.3 Å². The summed E-state index contributed by atoms with van der Waals surface area (Å²) >= 11 is 6.38. The van der Waals surface area contributed by atoms with Crippen LogP contribution in [0.5, 0.6) is 0 Å². The largest absolute Gasteiger partial charge is 0.465 e. The van der Waals surface area contributed by atoms with E-state index in [-0.39, 0.29) is 5.97 Å². The van der Waals surface area contributed by atoms with Crippen molar-refractivity contribution < 1.29 is 9.53 Å². The summed E-state index contributed by atoms with van der Waals surface area (Å²) in [6.07, 6.45) is 5.71. The van der Waals surface area contributed by atoms with Gasteiger partial charge in [-0.15, -0.1) is 0 Å². The van der Waals surface area contributed by atoms with E-state index < -0.39 is 0 Å². The third kappa shape index (κ3) is 4.53.